The van der Waals surface area contributed by atoms with Gasteiger partial charge in [-0.2, -0.15) is 0 Å². The standard InChI is InChI=1S/C36H52FN5O6/c1-24-21-42(25(2)23-43)34(44)31-20-30(39-35(45)38-28-11-6-5-7-12-28)17-18-32(31)48-26(3)10-8-9-19-47-33(24)22-41(4)36(46)40-29-15-13-27(37)14-16-29/h13-18,20,24-26,28,33,43H,5-12,19,21-23H2,1-4H3,(H,40,46)(H2,38,39,45)/t24-,25+,26+,33-/m0/s1. The van der Waals surface area contributed by atoms with Gasteiger partial charge in [-0.15, -0.1) is 0 Å². The van der Waals surface area contributed by atoms with E-state index < -0.39 is 18.0 Å². The Morgan fingerprint density at radius 2 is 1.69 bits per heavy atom. The Labute approximate surface area is 283 Å². The molecule has 0 aromatic heterocycles. The molecule has 5 amide bonds. The lowest BCUT2D eigenvalue weighted by atomic mass is 9.96. The van der Waals surface area contributed by atoms with E-state index in [4.69, 9.17) is 9.47 Å². The number of rotatable bonds is 7. The Balaban J connectivity index is 1.55. The number of amides is 5. The number of fused-ring (bicyclic) bond motifs is 1. The summed E-state index contributed by atoms with van der Waals surface area (Å²) in [4.78, 5) is 43.3. The fourth-order valence-corrected chi connectivity index (χ4v) is 6.17. The maximum absolute atomic E-state index is 14.3. The zero-order chi connectivity index (χ0) is 34.6. The molecule has 264 valence electrons. The molecule has 1 fully saturated rings. The Morgan fingerprint density at radius 1 is 1.00 bits per heavy atom. The molecule has 2 aliphatic rings. The molecule has 4 N–H and O–H groups in total. The summed E-state index contributed by atoms with van der Waals surface area (Å²) in [5.41, 5.74) is 1.22. The average Bonchev–Trinajstić information content (AvgIpc) is 3.07. The third kappa shape index (κ3) is 10.8. The van der Waals surface area contributed by atoms with Crippen molar-refractivity contribution in [1.82, 2.24) is 15.1 Å². The number of carbonyl (C=O) groups is 3. The van der Waals surface area contributed by atoms with Crippen molar-refractivity contribution in [3.8, 4) is 5.75 Å². The highest BCUT2D eigenvalue weighted by Crippen LogP contribution is 2.29. The van der Waals surface area contributed by atoms with Gasteiger partial charge in [0.1, 0.15) is 11.6 Å². The number of hydrogen-bond acceptors (Lipinski definition) is 6. The van der Waals surface area contributed by atoms with Crippen LogP contribution in [-0.2, 0) is 4.74 Å². The third-order valence-electron chi connectivity index (χ3n) is 9.15. The molecule has 0 bridgehead atoms. The zero-order valence-corrected chi connectivity index (χ0v) is 28.7. The van der Waals surface area contributed by atoms with Gasteiger partial charge in [-0.25, -0.2) is 14.0 Å². The number of anilines is 2. The van der Waals surface area contributed by atoms with Crippen molar-refractivity contribution in [1.29, 1.82) is 0 Å². The van der Waals surface area contributed by atoms with Crippen LogP contribution < -0.4 is 20.7 Å². The van der Waals surface area contributed by atoms with Gasteiger partial charge in [-0.1, -0.05) is 26.2 Å². The molecule has 1 heterocycles. The Bertz CT molecular complexity index is 1350. The third-order valence-corrected chi connectivity index (χ3v) is 9.15. The molecular formula is C36H52FN5O6. The van der Waals surface area contributed by atoms with Crippen molar-refractivity contribution in [2.75, 3.05) is 44.0 Å². The lowest BCUT2D eigenvalue weighted by molar-refractivity contribution is -0.0115. The van der Waals surface area contributed by atoms with E-state index in [0.717, 1.165) is 44.9 Å². The van der Waals surface area contributed by atoms with Crippen LogP contribution in [0.5, 0.6) is 5.75 Å². The maximum Gasteiger partial charge on any atom is 0.321 e. The number of halogens is 1. The largest absolute Gasteiger partial charge is 0.490 e. The first kappa shape index (κ1) is 36.9. The van der Waals surface area contributed by atoms with Gasteiger partial charge in [-0.3, -0.25) is 4.79 Å². The van der Waals surface area contributed by atoms with E-state index in [-0.39, 0.29) is 61.3 Å². The number of nitrogens with zero attached hydrogens (tertiary/aromatic N) is 2. The number of likely N-dealkylation sites (N-methyl/N-ethyl adjacent to an activating group) is 1. The predicted octanol–water partition coefficient (Wildman–Crippen LogP) is 6.24. The summed E-state index contributed by atoms with van der Waals surface area (Å²) in [5.74, 6) is -0.565. The first-order valence-corrected chi connectivity index (χ1v) is 17.2. The summed E-state index contributed by atoms with van der Waals surface area (Å²) in [5, 5.41) is 18.9. The summed E-state index contributed by atoms with van der Waals surface area (Å²) < 4.78 is 26.0. The average molecular weight is 670 g/mol. The maximum atomic E-state index is 14.3. The van der Waals surface area contributed by atoms with Crippen molar-refractivity contribution in [3.05, 3.63) is 53.8 Å². The second-order valence-corrected chi connectivity index (χ2v) is 13.3. The highest BCUT2D eigenvalue weighted by molar-refractivity contribution is 5.99. The summed E-state index contributed by atoms with van der Waals surface area (Å²) in [7, 11) is 1.66. The molecule has 12 heteroatoms. The molecule has 1 saturated carbocycles. The van der Waals surface area contributed by atoms with Gasteiger partial charge in [0.05, 0.1) is 30.4 Å². The SMILES string of the molecule is C[C@@H]1CCCCO[C@@H](CN(C)C(=O)Nc2ccc(F)cc2)[C@@H](C)CN([C@H](C)CO)C(=O)c2cc(NC(=O)NC3CCCCC3)ccc2O1. The first-order chi connectivity index (χ1) is 23.0. The molecule has 2 aromatic rings. The fourth-order valence-electron chi connectivity index (χ4n) is 6.17. The number of ether oxygens (including phenoxy) is 2. The normalized spacial score (nSPS) is 22.0. The number of aliphatic hydroxyl groups excluding tert-OH is 1. The quantitative estimate of drug-likeness (QED) is 0.276. The van der Waals surface area contributed by atoms with Crippen molar-refractivity contribution in [3.63, 3.8) is 0 Å². The summed E-state index contributed by atoms with van der Waals surface area (Å²) in [6.45, 7) is 6.36. The summed E-state index contributed by atoms with van der Waals surface area (Å²) in [6, 6.07) is 9.55. The van der Waals surface area contributed by atoms with Gasteiger partial charge in [-0.05, 0) is 88.4 Å². The van der Waals surface area contributed by atoms with E-state index in [1.165, 1.54) is 35.6 Å². The van der Waals surface area contributed by atoms with Crippen LogP contribution in [0, 0.1) is 11.7 Å². The monoisotopic (exact) mass is 669 g/mol. The number of urea groups is 2. The van der Waals surface area contributed by atoms with Crippen LogP contribution in [0.1, 0.15) is 82.5 Å². The molecule has 0 saturated heterocycles. The molecule has 0 radical (unpaired) electrons. The van der Waals surface area contributed by atoms with E-state index in [0.29, 0.717) is 23.7 Å². The van der Waals surface area contributed by atoms with Gasteiger partial charge in [0.2, 0.25) is 0 Å². The minimum atomic E-state index is -0.538. The van der Waals surface area contributed by atoms with E-state index in [2.05, 4.69) is 16.0 Å². The molecule has 1 aliphatic heterocycles. The van der Waals surface area contributed by atoms with Crippen molar-refractivity contribution < 1.29 is 33.4 Å². The summed E-state index contributed by atoms with van der Waals surface area (Å²) >= 11 is 0. The lowest BCUT2D eigenvalue weighted by Gasteiger charge is -2.35. The molecule has 1 aliphatic carbocycles. The van der Waals surface area contributed by atoms with Gasteiger partial charge < -0.3 is 40.3 Å². The van der Waals surface area contributed by atoms with Crippen LogP contribution in [0.4, 0.5) is 25.4 Å². The number of nitrogens with one attached hydrogen (secondary N) is 3. The molecule has 48 heavy (non-hydrogen) atoms. The van der Waals surface area contributed by atoms with Crippen molar-refractivity contribution >= 4 is 29.3 Å². The Morgan fingerprint density at radius 3 is 2.40 bits per heavy atom. The minimum Gasteiger partial charge on any atom is -0.490 e. The van der Waals surface area contributed by atoms with E-state index in [1.807, 2.05) is 13.8 Å². The molecule has 4 rings (SSSR count). The highest BCUT2D eigenvalue weighted by atomic mass is 19.1. The Kier molecular flexibility index (Phi) is 13.9. The van der Waals surface area contributed by atoms with Crippen molar-refractivity contribution in [2.24, 2.45) is 5.92 Å². The van der Waals surface area contributed by atoms with Crippen LogP contribution in [-0.4, -0.2) is 90.5 Å². The van der Waals surface area contributed by atoms with Gasteiger partial charge in [0.15, 0.2) is 0 Å². The second-order valence-electron chi connectivity index (χ2n) is 13.3. The van der Waals surface area contributed by atoms with Crippen LogP contribution in [0.15, 0.2) is 42.5 Å². The van der Waals surface area contributed by atoms with E-state index >= 15 is 0 Å². The highest BCUT2D eigenvalue weighted by Gasteiger charge is 2.31. The number of carbonyl (C=O) groups excluding carboxylic acids is 3. The second kappa shape index (κ2) is 18.0. The molecule has 0 unspecified atom stereocenters. The lowest BCUT2D eigenvalue weighted by Crippen LogP contribution is -2.48. The van der Waals surface area contributed by atoms with E-state index in [1.54, 1.807) is 37.1 Å². The smallest absolute Gasteiger partial charge is 0.321 e. The molecular weight excluding hydrogens is 617 g/mol. The molecule has 0 spiro atoms. The fraction of sp³-hybridized carbons (Fsp3) is 0.583. The summed E-state index contributed by atoms with van der Waals surface area (Å²) in [6.07, 6.45) is 7.01. The molecule has 2 aromatic carbocycles. The van der Waals surface area contributed by atoms with Gasteiger partial charge in [0, 0.05) is 50.1 Å². The van der Waals surface area contributed by atoms with Gasteiger partial charge >= 0.3 is 12.1 Å². The van der Waals surface area contributed by atoms with Crippen LogP contribution >= 0.6 is 0 Å². The Hall–Kier alpha value is -3.90. The predicted molar refractivity (Wildman–Crippen MR) is 184 cm³/mol. The number of aliphatic hydroxyl groups is 1. The van der Waals surface area contributed by atoms with Crippen LogP contribution in [0.25, 0.3) is 0 Å². The van der Waals surface area contributed by atoms with Crippen LogP contribution in [0.2, 0.25) is 0 Å². The van der Waals surface area contributed by atoms with Gasteiger partial charge in [0.25, 0.3) is 5.91 Å². The number of hydrogen-bond donors (Lipinski definition) is 4. The van der Waals surface area contributed by atoms with Crippen molar-refractivity contribution in [2.45, 2.75) is 96.4 Å². The van der Waals surface area contributed by atoms with Crippen LogP contribution in [0.3, 0.4) is 0 Å². The topological polar surface area (TPSA) is 132 Å². The molecule has 4 atom stereocenters. The van der Waals surface area contributed by atoms with E-state index in [9.17, 15) is 23.9 Å². The first-order valence-electron chi connectivity index (χ1n) is 17.2. The zero-order valence-electron chi connectivity index (χ0n) is 28.7. The minimum absolute atomic E-state index is 0.132. The number of benzene rings is 2. The molecule has 11 nitrogen and oxygen atoms in total.